The molecule has 2 amide bonds. The second kappa shape index (κ2) is 4.45. The number of likely N-dealkylation sites (tertiary alicyclic amines) is 1. The summed E-state index contributed by atoms with van der Waals surface area (Å²) in [6.07, 6.45) is 2.39. The zero-order chi connectivity index (χ0) is 14.3. The minimum absolute atomic E-state index is 0.0711. The quantitative estimate of drug-likeness (QED) is 0.770. The molecular weight excluding hydrogens is 252 g/mol. The van der Waals surface area contributed by atoms with Gasteiger partial charge in [0.1, 0.15) is 0 Å². The number of nitriles is 1. The van der Waals surface area contributed by atoms with Crippen molar-refractivity contribution in [3.63, 3.8) is 0 Å². The lowest BCUT2D eigenvalue weighted by Crippen LogP contribution is -2.37. The molecule has 4 heteroatoms. The van der Waals surface area contributed by atoms with Gasteiger partial charge in [-0.25, -0.2) is 0 Å². The highest BCUT2D eigenvalue weighted by molar-refractivity contribution is 6.09. The van der Waals surface area contributed by atoms with Gasteiger partial charge in [0.25, 0.3) is 0 Å². The van der Waals surface area contributed by atoms with Gasteiger partial charge in [-0.05, 0) is 36.5 Å². The summed E-state index contributed by atoms with van der Waals surface area (Å²) in [4.78, 5) is 26.3. The fourth-order valence-corrected chi connectivity index (χ4v) is 3.54. The average Bonchev–Trinajstić information content (AvgIpc) is 2.94. The monoisotopic (exact) mass is 268 g/mol. The number of imide groups is 1. The van der Waals surface area contributed by atoms with Crippen molar-refractivity contribution >= 4 is 11.8 Å². The highest BCUT2D eigenvalue weighted by Crippen LogP contribution is 2.47. The molecule has 20 heavy (non-hydrogen) atoms. The van der Waals surface area contributed by atoms with Gasteiger partial charge < -0.3 is 0 Å². The summed E-state index contributed by atoms with van der Waals surface area (Å²) in [7, 11) is 0. The van der Waals surface area contributed by atoms with Crippen LogP contribution in [0.25, 0.3) is 0 Å². The molecule has 3 rings (SSSR count). The molecule has 1 atom stereocenters. The maximum atomic E-state index is 12.7. The Bertz CT molecular complexity index is 644. The van der Waals surface area contributed by atoms with E-state index in [0.29, 0.717) is 24.9 Å². The van der Waals surface area contributed by atoms with Crippen LogP contribution in [0.2, 0.25) is 0 Å². The molecule has 0 radical (unpaired) electrons. The Kier molecular flexibility index (Phi) is 2.86. The molecule has 1 aromatic carbocycles. The first-order chi connectivity index (χ1) is 9.64. The molecule has 2 aliphatic rings. The van der Waals surface area contributed by atoms with E-state index in [1.54, 1.807) is 6.07 Å². The smallest absolute Gasteiger partial charge is 0.240 e. The molecule has 4 nitrogen and oxygen atoms in total. The van der Waals surface area contributed by atoms with E-state index >= 15 is 0 Å². The minimum Gasteiger partial charge on any atom is -0.282 e. The minimum atomic E-state index is -0.700. The molecule has 1 saturated heterocycles. The van der Waals surface area contributed by atoms with Crippen LogP contribution in [0.4, 0.5) is 0 Å². The molecule has 0 bridgehead atoms. The van der Waals surface area contributed by atoms with Crippen LogP contribution in [0.15, 0.2) is 18.2 Å². The third-order valence-electron chi connectivity index (χ3n) is 4.47. The lowest BCUT2D eigenvalue weighted by molar-refractivity contribution is -0.139. The normalized spacial score (nSPS) is 24.3. The number of rotatable bonds is 2. The van der Waals surface area contributed by atoms with Gasteiger partial charge in [0.2, 0.25) is 11.8 Å². The average molecular weight is 268 g/mol. The molecule has 1 unspecified atom stereocenters. The number of hydrogen-bond acceptors (Lipinski definition) is 3. The largest absolute Gasteiger partial charge is 0.282 e. The highest BCUT2D eigenvalue weighted by atomic mass is 16.2. The number of fused-ring (bicyclic) bond motifs is 2. The summed E-state index contributed by atoms with van der Waals surface area (Å²) < 4.78 is 0. The molecule has 1 fully saturated rings. The van der Waals surface area contributed by atoms with Crippen LogP contribution in [0, 0.1) is 11.3 Å². The molecule has 0 N–H and O–H groups in total. The Morgan fingerprint density at radius 1 is 1.40 bits per heavy atom. The first kappa shape index (κ1) is 12.9. The van der Waals surface area contributed by atoms with Crippen LogP contribution in [-0.2, 0) is 21.4 Å². The van der Waals surface area contributed by atoms with Gasteiger partial charge in [0, 0.05) is 13.0 Å². The predicted octanol–water partition coefficient (Wildman–Crippen LogP) is 1.91. The van der Waals surface area contributed by atoms with E-state index in [2.05, 4.69) is 6.07 Å². The lowest BCUT2D eigenvalue weighted by atomic mass is 9.80. The second-order valence-electron chi connectivity index (χ2n) is 5.55. The van der Waals surface area contributed by atoms with Crippen LogP contribution >= 0.6 is 0 Å². The van der Waals surface area contributed by atoms with Gasteiger partial charge in [0.15, 0.2) is 0 Å². The fourth-order valence-electron chi connectivity index (χ4n) is 3.54. The van der Waals surface area contributed by atoms with Crippen molar-refractivity contribution in [1.82, 2.24) is 4.90 Å². The molecule has 1 heterocycles. The molecule has 1 aliphatic heterocycles. The maximum absolute atomic E-state index is 12.7. The van der Waals surface area contributed by atoms with Crippen molar-refractivity contribution in [2.75, 3.05) is 6.54 Å². The first-order valence-electron chi connectivity index (χ1n) is 7.01. The lowest BCUT2D eigenvalue weighted by Gasteiger charge is -2.22. The molecule has 1 aromatic rings. The summed E-state index contributed by atoms with van der Waals surface area (Å²) in [5, 5.41) is 9.17. The Labute approximate surface area is 118 Å². The van der Waals surface area contributed by atoms with Crippen LogP contribution < -0.4 is 0 Å². The van der Waals surface area contributed by atoms with Gasteiger partial charge in [-0.1, -0.05) is 19.1 Å². The van der Waals surface area contributed by atoms with Crippen molar-refractivity contribution in [3.05, 3.63) is 34.9 Å². The number of hydrogen-bond donors (Lipinski definition) is 0. The zero-order valence-electron chi connectivity index (χ0n) is 11.5. The number of carbonyl (C=O) groups excluding carboxylic acids is 2. The maximum Gasteiger partial charge on any atom is 0.240 e. The summed E-state index contributed by atoms with van der Waals surface area (Å²) in [6, 6.07) is 7.68. The number of benzene rings is 1. The summed E-state index contributed by atoms with van der Waals surface area (Å²) in [5.41, 5.74) is 1.78. The number of carbonyl (C=O) groups is 2. The number of nitrogens with zero attached hydrogens (tertiary/aromatic N) is 2. The van der Waals surface area contributed by atoms with E-state index in [9.17, 15) is 14.9 Å². The molecule has 1 spiro atoms. The summed E-state index contributed by atoms with van der Waals surface area (Å²) >= 11 is 0. The summed E-state index contributed by atoms with van der Waals surface area (Å²) in [5.74, 6) is -0.148. The third-order valence-corrected chi connectivity index (χ3v) is 4.47. The van der Waals surface area contributed by atoms with E-state index in [1.807, 2.05) is 19.1 Å². The van der Waals surface area contributed by atoms with E-state index in [4.69, 9.17) is 0 Å². The SMILES string of the molecule is CCCN1C(=O)CC2(CCc3c(C#N)cccc32)C1=O. The van der Waals surface area contributed by atoms with E-state index < -0.39 is 5.41 Å². The predicted molar refractivity (Wildman–Crippen MR) is 72.8 cm³/mol. The Balaban J connectivity index is 2.09. The summed E-state index contributed by atoms with van der Waals surface area (Å²) in [6.45, 7) is 2.45. The van der Waals surface area contributed by atoms with Crippen molar-refractivity contribution in [2.45, 2.75) is 38.0 Å². The first-order valence-corrected chi connectivity index (χ1v) is 7.01. The van der Waals surface area contributed by atoms with Crippen LogP contribution in [0.1, 0.15) is 42.9 Å². The fraction of sp³-hybridized carbons (Fsp3) is 0.438. The van der Waals surface area contributed by atoms with Gasteiger partial charge >= 0.3 is 0 Å². The second-order valence-corrected chi connectivity index (χ2v) is 5.55. The van der Waals surface area contributed by atoms with E-state index in [0.717, 1.165) is 17.5 Å². The third kappa shape index (κ3) is 1.53. The molecular formula is C16H16N2O2. The Morgan fingerprint density at radius 3 is 2.90 bits per heavy atom. The van der Waals surface area contributed by atoms with Crippen molar-refractivity contribution in [2.24, 2.45) is 0 Å². The van der Waals surface area contributed by atoms with Crippen LogP contribution in [0.5, 0.6) is 0 Å². The Hall–Kier alpha value is -2.15. The van der Waals surface area contributed by atoms with Gasteiger partial charge in [-0.3, -0.25) is 14.5 Å². The number of amides is 2. The van der Waals surface area contributed by atoms with Gasteiger partial charge in [0.05, 0.1) is 17.0 Å². The standard InChI is InChI=1S/C16H16N2O2/c1-2-8-18-14(19)9-16(15(18)20)7-6-12-11(10-17)4-3-5-13(12)16/h3-5H,2,6-9H2,1H3. The van der Waals surface area contributed by atoms with Crippen molar-refractivity contribution in [3.8, 4) is 6.07 Å². The van der Waals surface area contributed by atoms with E-state index in [-0.39, 0.29) is 18.2 Å². The zero-order valence-corrected chi connectivity index (χ0v) is 11.5. The topological polar surface area (TPSA) is 61.2 Å². The molecule has 102 valence electrons. The Morgan fingerprint density at radius 2 is 2.20 bits per heavy atom. The highest BCUT2D eigenvalue weighted by Gasteiger charge is 2.55. The molecule has 0 saturated carbocycles. The van der Waals surface area contributed by atoms with Crippen molar-refractivity contribution < 1.29 is 9.59 Å². The van der Waals surface area contributed by atoms with Crippen LogP contribution in [-0.4, -0.2) is 23.3 Å². The van der Waals surface area contributed by atoms with Gasteiger partial charge in [-0.2, -0.15) is 5.26 Å². The molecule has 1 aliphatic carbocycles. The van der Waals surface area contributed by atoms with Crippen molar-refractivity contribution in [1.29, 1.82) is 5.26 Å². The van der Waals surface area contributed by atoms with E-state index in [1.165, 1.54) is 4.90 Å². The van der Waals surface area contributed by atoms with Crippen LogP contribution in [0.3, 0.4) is 0 Å². The molecule has 0 aromatic heterocycles. The van der Waals surface area contributed by atoms with Gasteiger partial charge in [-0.15, -0.1) is 0 Å².